The van der Waals surface area contributed by atoms with Crippen molar-refractivity contribution in [3.05, 3.63) is 0 Å². The fourth-order valence-corrected chi connectivity index (χ4v) is 2.71. The van der Waals surface area contributed by atoms with Crippen LogP contribution in [0.2, 0.25) is 0 Å². The average molecular weight is 240 g/mol. The van der Waals surface area contributed by atoms with E-state index in [9.17, 15) is 0 Å². The van der Waals surface area contributed by atoms with Crippen LogP contribution in [0.5, 0.6) is 0 Å². The van der Waals surface area contributed by atoms with Gasteiger partial charge < -0.3 is 10.2 Å². The van der Waals surface area contributed by atoms with E-state index in [1.165, 1.54) is 51.7 Å². The van der Waals surface area contributed by atoms with Crippen molar-refractivity contribution < 1.29 is 0 Å². The van der Waals surface area contributed by atoms with Crippen LogP contribution in [0.15, 0.2) is 0 Å². The van der Waals surface area contributed by atoms with Gasteiger partial charge in [-0.05, 0) is 64.6 Å². The number of nitrogens with one attached hydrogen (secondary N) is 1. The van der Waals surface area contributed by atoms with Gasteiger partial charge in [0.15, 0.2) is 0 Å². The van der Waals surface area contributed by atoms with Crippen molar-refractivity contribution in [1.82, 2.24) is 10.2 Å². The van der Waals surface area contributed by atoms with Crippen LogP contribution in [0, 0.1) is 5.92 Å². The molecule has 0 aromatic rings. The van der Waals surface area contributed by atoms with Crippen molar-refractivity contribution in [2.75, 3.05) is 19.6 Å². The maximum Gasteiger partial charge on any atom is 0.00821 e. The zero-order chi connectivity index (χ0) is 12.7. The molecule has 2 heteroatoms. The summed E-state index contributed by atoms with van der Waals surface area (Å²) in [5.41, 5.74) is 0. The van der Waals surface area contributed by atoms with Crippen molar-refractivity contribution in [2.24, 2.45) is 5.92 Å². The molecule has 1 rings (SSSR count). The number of likely N-dealkylation sites (tertiary alicyclic amines) is 1. The minimum atomic E-state index is 0.690. The summed E-state index contributed by atoms with van der Waals surface area (Å²) in [6.07, 6.45) is 6.73. The van der Waals surface area contributed by atoms with Crippen LogP contribution in [-0.4, -0.2) is 36.6 Å². The molecule has 0 saturated carbocycles. The molecule has 1 saturated heterocycles. The highest BCUT2D eigenvalue weighted by molar-refractivity contribution is 4.77. The Balaban J connectivity index is 2.21. The molecule has 0 radical (unpaired) electrons. The summed E-state index contributed by atoms with van der Waals surface area (Å²) >= 11 is 0. The first kappa shape index (κ1) is 15.0. The molecule has 1 heterocycles. The molecule has 1 fully saturated rings. The smallest absolute Gasteiger partial charge is 0.00821 e. The zero-order valence-corrected chi connectivity index (χ0v) is 12.3. The Morgan fingerprint density at radius 3 is 2.53 bits per heavy atom. The van der Waals surface area contributed by atoms with Gasteiger partial charge >= 0.3 is 0 Å². The highest BCUT2D eigenvalue weighted by Gasteiger charge is 2.17. The van der Waals surface area contributed by atoms with Gasteiger partial charge in [0, 0.05) is 12.1 Å². The summed E-state index contributed by atoms with van der Waals surface area (Å²) in [6.45, 7) is 13.1. The van der Waals surface area contributed by atoms with Crippen LogP contribution in [-0.2, 0) is 0 Å². The Morgan fingerprint density at radius 2 is 1.88 bits per heavy atom. The molecule has 2 nitrogen and oxygen atoms in total. The van der Waals surface area contributed by atoms with Gasteiger partial charge in [0.2, 0.25) is 0 Å². The van der Waals surface area contributed by atoms with Crippen molar-refractivity contribution in [3.63, 3.8) is 0 Å². The average Bonchev–Trinajstić information content (AvgIpc) is 2.51. The maximum atomic E-state index is 3.83. The van der Waals surface area contributed by atoms with Gasteiger partial charge in [0.1, 0.15) is 0 Å². The SMILES string of the molecule is CCN1CCCC(NC(C)CCC(C)C)CC1. The Labute approximate surface area is 108 Å². The van der Waals surface area contributed by atoms with Gasteiger partial charge in [-0.3, -0.25) is 0 Å². The van der Waals surface area contributed by atoms with Crippen molar-refractivity contribution in [2.45, 2.75) is 71.9 Å². The van der Waals surface area contributed by atoms with Crippen molar-refractivity contribution >= 4 is 0 Å². The van der Waals surface area contributed by atoms with E-state index in [-0.39, 0.29) is 0 Å². The quantitative estimate of drug-likeness (QED) is 0.766. The van der Waals surface area contributed by atoms with E-state index in [1.807, 2.05) is 0 Å². The van der Waals surface area contributed by atoms with Gasteiger partial charge in [-0.1, -0.05) is 20.8 Å². The van der Waals surface area contributed by atoms with Crippen LogP contribution < -0.4 is 5.32 Å². The van der Waals surface area contributed by atoms with Gasteiger partial charge in [0.05, 0.1) is 0 Å². The summed E-state index contributed by atoms with van der Waals surface area (Å²) < 4.78 is 0. The maximum absolute atomic E-state index is 3.83. The predicted octanol–water partition coefficient (Wildman–Crippen LogP) is 3.28. The van der Waals surface area contributed by atoms with Crippen LogP contribution in [0.1, 0.15) is 59.8 Å². The molecule has 0 spiro atoms. The Morgan fingerprint density at radius 1 is 1.12 bits per heavy atom. The lowest BCUT2D eigenvalue weighted by molar-refractivity contribution is 0.294. The van der Waals surface area contributed by atoms with Crippen LogP contribution >= 0.6 is 0 Å². The van der Waals surface area contributed by atoms with Gasteiger partial charge in [-0.25, -0.2) is 0 Å². The minimum absolute atomic E-state index is 0.690. The fourth-order valence-electron chi connectivity index (χ4n) is 2.71. The zero-order valence-electron chi connectivity index (χ0n) is 12.3. The number of hydrogen-bond acceptors (Lipinski definition) is 2. The van der Waals surface area contributed by atoms with Crippen LogP contribution in [0.4, 0.5) is 0 Å². The molecule has 102 valence electrons. The predicted molar refractivity (Wildman–Crippen MR) is 76.4 cm³/mol. The van der Waals surface area contributed by atoms with E-state index in [1.54, 1.807) is 0 Å². The standard InChI is InChI=1S/C15H32N2/c1-5-17-11-6-7-15(10-12-17)16-14(4)9-8-13(2)3/h13-16H,5-12H2,1-4H3. The molecule has 2 unspecified atom stereocenters. The normalized spacial score (nSPS) is 24.9. The van der Waals surface area contributed by atoms with E-state index in [0.717, 1.165) is 12.0 Å². The molecule has 0 aromatic heterocycles. The Bertz CT molecular complexity index is 191. The van der Waals surface area contributed by atoms with Crippen LogP contribution in [0.25, 0.3) is 0 Å². The lowest BCUT2D eigenvalue weighted by Crippen LogP contribution is -2.37. The minimum Gasteiger partial charge on any atom is -0.311 e. The number of nitrogens with zero attached hydrogens (tertiary/aromatic N) is 1. The third-order valence-electron chi connectivity index (χ3n) is 3.97. The topological polar surface area (TPSA) is 15.3 Å². The number of hydrogen-bond donors (Lipinski definition) is 1. The summed E-state index contributed by atoms with van der Waals surface area (Å²) in [6, 6.07) is 1.45. The molecular formula is C15H32N2. The van der Waals surface area contributed by atoms with Crippen LogP contribution in [0.3, 0.4) is 0 Å². The molecule has 0 aromatic carbocycles. The fraction of sp³-hybridized carbons (Fsp3) is 1.00. The lowest BCUT2D eigenvalue weighted by Gasteiger charge is -2.23. The molecule has 17 heavy (non-hydrogen) atoms. The van der Waals surface area contributed by atoms with Crippen molar-refractivity contribution in [3.8, 4) is 0 Å². The summed E-state index contributed by atoms with van der Waals surface area (Å²) in [4.78, 5) is 2.58. The van der Waals surface area contributed by atoms with Crippen molar-refractivity contribution in [1.29, 1.82) is 0 Å². The van der Waals surface area contributed by atoms with E-state index in [4.69, 9.17) is 0 Å². The van der Waals surface area contributed by atoms with E-state index in [2.05, 4.69) is 37.9 Å². The largest absolute Gasteiger partial charge is 0.311 e. The summed E-state index contributed by atoms with van der Waals surface area (Å²) in [5, 5.41) is 3.83. The molecule has 0 amide bonds. The third-order valence-corrected chi connectivity index (χ3v) is 3.97. The van der Waals surface area contributed by atoms with Gasteiger partial charge in [-0.15, -0.1) is 0 Å². The van der Waals surface area contributed by atoms with Gasteiger partial charge in [-0.2, -0.15) is 0 Å². The third kappa shape index (κ3) is 6.42. The highest BCUT2D eigenvalue weighted by atomic mass is 15.1. The summed E-state index contributed by atoms with van der Waals surface area (Å²) in [7, 11) is 0. The second kappa shape index (κ2) is 8.10. The first-order valence-electron chi connectivity index (χ1n) is 7.60. The molecule has 0 aliphatic carbocycles. The first-order valence-corrected chi connectivity index (χ1v) is 7.60. The van der Waals surface area contributed by atoms with Gasteiger partial charge in [0.25, 0.3) is 0 Å². The monoisotopic (exact) mass is 240 g/mol. The molecule has 0 bridgehead atoms. The first-order chi connectivity index (χ1) is 8.11. The van der Waals surface area contributed by atoms with E-state index in [0.29, 0.717) is 6.04 Å². The summed E-state index contributed by atoms with van der Waals surface area (Å²) in [5.74, 6) is 0.837. The molecule has 1 aliphatic rings. The highest BCUT2D eigenvalue weighted by Crippen LogP contribution is 2.13. The molecule has 1 N–H and O–H groups in total. The molecule has 2 atom stereocenters. The molecule has 1 aliphatic heterocycles. The molecular weight excluding hydrogens is 208 g/mol. The Kier molecular flexibility index (Phi) is 7.14. The van der Waals surface area contributed by atoms with E-state index < -0.39 is 0 Å². The lowest BCUT2D eigenvalue weighted by atomic mass is 10.0. The second-order valence-corrected chi connectivity index (χ2v) is 6.10. The second-order valence-electron chi connectivity index (χ2n) is 6.10. The number of rotatable bonds is 6. The Hall–Kier alpha value is -0.0800. The van der Waals surface area contributed by atoms with E-state index >= 15 is 0 Å².